The van der Waals surface area contributed by atoms with Gasteiger partial charge in [0.2, 0.25) is 12.7 Å². The summed E-state index contributed by atoms with van der Waals surface area (Å²) >= 11 is 0. The molecule has 0 radical (unpaired) electrons. The molecule has 11 heteroatoms. The number of amides is 2. The first kappa shape index (κ1) is 28.7. The Morgan fingerprint density at radius 2 is 1.92 bits per heavy atom. The largest absolute Gasteiger partial charge is 0.481 e. The summed E-state index contributed by atoms with van der Waals surface area (Å²) in [7, 11) is 1.67. The molecule has 2 heterocycles. The van der Waals surface area contributed by atoms with Crippen LogP contribution >= 0.6 is 0 Å². The fraction of sp³-hybridized carbons (Fsp3) is 0.654. The molecular weight excluding hydrogens is 482 g/mol. The summed E-state index contributed by atoms with van der Waals surface area (Å²) in [5.41, 5.74) is 1.23. The average molecular weight is 522 g/mol. The zero-order valence-corrected chi connectivity index (χ0v) is 22.1. The van der Waals surface area contributed by atoms with Gasteiger partial charge in [-0.05, 0) is 37.0 Å². The molecule has 0 saturated carbocycles. The van der Waals surface area contributed by atoms with Gasteiger partial charge in [0, 0.05) is 51.1 Å². The van der Waals surface area contributed by atoms with Gasteiger partial charge < -0.3 is 24.6 Å². The number of hydroxylamine groups is 2. The molecular formula is C26H39N3O8. The van der Waals surface area contributed by atoms with Crippen LogP contribution in [0, 0.1) is 5.92 Å². The Hall–Kier alpha value is -2.89. The number of rotatable bonds is 13. The van der Waals surface area contributed by atoms with Crippen molar-refractivity contribution in [3.05, 3.63) is 23.3 Å². The zero-order chi connectivity index (χ0) is 27.1. The number of carboxylic acids is 1. The van der Waals surface area contributed by atoms with Crippen molar-refractivity contribution in [2.45, 2.75) is 58.6 Å². The molecule has 1 aromatic carbocycles. The second kappa shape index (κ2) is 13.1. The van der Waals surface area contributed by atoms with Gasteiger partial charge in [0.05, 0.1) is 25.7 Å². The summed E-state index contributed by atoms with van der Waals surface area (Å²) in [6, 6.07) is 3.03. The smallest absolute Gasteiger partial charge is 0.308 e. The topological polar surface area (TPSA) is 129 Å². The van der Waals surface area contributed by atoms with Crippen LogP contribution in [0.2, 0.25) is 0 Å². The third-order valence-corrected chi connectivity index (χ3v) is 7.00. The summed E-state index contributed by atoms with van der Waals surface area (Å²) in [4.78, 5) is 46.8. The maximum atomic E-state index is 13.2. The van der Waals surface area contributed by atoms with E-state index in [0.717, 1.165) is 12.8 Å². The van der Waals surface area contributed by atoms with E-state index in [-0.39, 0.29) is 31.8 Å². The minimum atomic E-state index is -0.980. The van der Waals surface area contributed by atoms with E-state index in [0.29, 0.717) is 55.3 Å². The van der Waals surface area contributed by atoms with Crippen molar-refractivity contribution in [3.63, 3.8) is 0 Å². The Labute approximate surface area is 217 Å². The van der Waals surface area contributed by atoms with Crippen LogP contribution in [0.1, 0.15) is 57.1 Å². The van der Waals surface area contributed by atoms with Crippen LogP contribution in [0.5, 0.6) is 11.5 Å². The summed E-state index contributed by atoms with van der Waals surface area (Å²) in [5.74, 6) is -1.70. The van der Waals surface area contributed by atoms with Gasteiger partial charge in [-0.1, -0.05) is 13.8 Å². The van der Waals surface area contributed by atoms with Crippen LogP contribution in [0.15, 0.2) is 12.1 Å². The third-order valence-electron chi connectivity index (χ3n) is 7.00. The molecule has 0 aliphatic carbocycles. The van der Waals surface area contributed by atoms with Crippen molar-refractivity contribution in [1.29, 1.82) is 0 Å². The summed E-state index contributed by atoms with van der Waals surface area (Å²) in [6.07, 6.45) is 1.87. The Morgan fingerprint density at radius 3 is 2.54 bits per heavy atom. The van der Waals surface area contributed by atoms with E-state index in [1.54, 1.807) is 24.1 Å². The molecule has 0 bridgehead atoms. The van der Waals surface area contributed by atoms with Crippen molar-refractivity contribution in [2.75, 3.05) is 46.6 Å². The Morgan fingerprint density at radius 1 is 1.16 bits per heavy atom. The quantitative estimate of drug-likeness (QED) is 0.374. The molecule has 2 amide bonds. The number of benzene rings is 1. The normalized spacial score (nSPS) is 20.7. The van der Waals surface area contributed by atoms with Crippen LogP contribution in [-0.4, -0.2) is 95.5 Å². The van der Waals surface area contributed by atoms with Gasteiger partial charge in [-0.15, -0.1) is 0 Å². The predicted molar refractivity (Wildman–Crippen MR) is 134 cm³/mol. The van der Waals surface area contributed by atoms with Gasteiger partial charge in [-0.3, -0.25) is 24.1 Å². The van der Waals surface area contributed by atoms with Gasteiger partial charge in [-0.2, -0.15) is 0 Å². The highest BCUT2D eigenvalue weighted by molar-refractivity contribution is 5.78. The molecule has 2 N–H and O–H groups in total. The molecule has 0 spiro atoms. The number of hydrogen-bond donors (Lipinski definition) is 2. The molecule has 3 atom stereocenters. The Bertz CT molecular complexity index is 971. The minimum Gasteiger partial charge on any atom is -0.481 e. The summed E-state index contributed by atoms with van der Waals surface area (Å²) in [5, 5.41) is 21.6. The standard InChI is InChI=1S/C26H39N3O8/c1-5-8-29(37-10-6-2)23(32)14-28-13-20(18-11-19(15-30)25-22(12-18)35-16-36-25)24(26(33)34)21(28)7-9-27(4)17(3)31/h11-12,20-21,24,30H,5-10,13-16H2,1-4H3,(H,33,34)/t20-,21+,24-/m1/s1. The number of aliphatic hydroxyl groups is 1. The fourth-order valence-electron chi connectivity index (χ4n) is 5.03. The minimum absolute atomic E-state index is 0.00411. The van der Waals surface area contributed by atoms with Crippen LogP contribution in [0.25, 0.3) is 0 Å². The number of aliphatic carboxylic acids is 1. The van der Waals surface area contributed by atoms with Crippen LogP contribution in [0.3, 0.4) is 0 Å². The first-order chi connectivity index (χ1) is 17.7. The second-order valence-electron chi connectivity index (χ2n) is 9.60. The highest BCUT2D eigenvalue weighted by Crippen LogP contribution is 2.44. The fourth-order valence-corrected chi connectivity index (χ4v) is 5.03. The lowest BCUT2D eigenvalue weighted by Crippen LogP contribution is -2.45. The van der Waals surface area contributed by atoms with Crippen molar-refractivity contribution >= 4 is 17.8 Å². The zero-order valence-electron chi connectivity index (χ0n) is 22.1. The van der Waals surface area contributed by atoms with Crippen LogP contribution in [0.4, 0.5) is 0 Å². The third kappa shape index (κ3) is 6.71. The summed E-state index contributed by atoms with van der Waals surface area (Å²) in [6.45, 7) is 6.67. The summed E-state index contributed by atoms with van der Waals surface area (Å²) < 4.78 is 11.0. The van der Waals surface area contributed by atoms with E-state index in [1.807, 2.05) is 18.7 Å². The van der Waals surface area contributed by atoms with Gasteiger partial charge >= 0.3 is 5.97 Å². The maximum Gasteiger partial charge on any atom is 0.308 e. The second-order valence-corrected chi connectivity index (χ2v) is 9.60. The molecule has 1 aromatic rings. The number of carboxylic acid groups (broad SMARTS) is 1. The molecule has 2 aliphatic heterocycles. The van der Waals surface area contributed by atoms with Crippen molar-refractivity contribution in [2.24, 2.45) is 5.92 Å². The highest BCUT2D eigenvalue weighted by atomic mass is 16.7. The number of ether oxygens (including phenoxy) is 2. The Kier molecular flexibility index (Phi) is 10.1. The lowest BCUT2D eigenvalue weighted by atomic mass is 9.83. The monoisotopic (exact) mass is 521 g/mol. The molecule has 1 fully saturated rings. The number of hydrogen-bond acceptors (Lipinski definition) is 8. The predicted octanol–water partition coefficient (Wildman–Crippen LogP) is 1.82. The Balaban J connectivity index is 1.93. The van der Waals surface area contributed by atoms with E-state index in [4.69, 9.17) is 14.3 Å². The number of fused-ring (bicyclic) bond motifs is 1. The van der Waals surface area contributed by atoms with E-state index in [1.165, 1.54) is 12.0 Å². The van der Waals surface area contributed by atoms with E-state index < -0.39 is 23.8 Å². The van der Waals surface area contributed by atoms with Crippen LogP contribution < -0.4 is 9.47 Å². The molecule has 206 valence electrons. The van der Waals surface area contributed by atoms with Crippen LogP contribution in [-0.2, 0) is 25.8 Å². The number of aliphatic hydroxyl groups excluding tert-OH is 1. The lowest BCUT2D eigenvalue weighted by Gasteiger charge is -2.30. The molecule has 0 unspecified atom stereocenters. The van der Waals surface area contributed by atoms with Gasteiger partial charge in [0.25, 0.3) is 5.91 Å². The maximum absolute atomic E-state index is 13.2. The SMILES string of the molecule is CCCON(CCC)C(=O)CN1C[C@H](c2cc(CO)c3c(c2)OCO3)[C@@H](C(=O)O)[C@@H]1CCN(C)C(C)=O. The van der Waals surface area contributed by atoms with E-state index in [2.05, 4.69) is 0 Å². The molecule has 1 saturated heterocycles. The molecule has 37 heavy (non-hydrogen) atoms. The molecule has 2 aliphatic rings. The molecule has 11 nitrogen and oxygen atoms in total. The molecule has 3 rings (SSSR count). The lowest BCUT2D eigenvalue weighted by molar-refractivity contribution is -0.188. The van der Waals surface area contributed by atoms with Crippen molar-refractivity contribution in [3.8, 4) is 11.5 Å². The van der Waals surface area contributed by atoms with E-state index >= 15 is 0 Å². The number of carbonyl (C=O) groups is 3. The van der Waals surface area contributed by atoms with Crippen molar-refractivity contribution < 1.29 is 38.9 Å². The number of carbonyl (C=O) groups excluding carboxylic acids is 2. The van der Waals surface area contributed by atoms with Crippen molar-refractivity contribution in [1.82, 2.24) is 14.9 Å². The first-order valence-electron chi connectivity index (χ1n) is 12.9. The van der Waals surface area contributed by atoms with Gasteiger partial charge in [-0.25, -0.2) is 5.06 Å². The first-order valence-corrected chi connectivity index (χ1v) is 12.9. The van der Waals surface area contributed by atoms with E-state index in [9.17, 15) is 24.6 Å². The van der Waals surface area contributed by atoms with Gasteiger partial charge in [0.1, 0.15) is 0 Å². The number of nitrogens with zero attached hydrogens (tertiary/aromatic N) is 3. The average Bonchev–Trinajstić information content (AvgIpc) is 3.48. The highest BCUT2D eigenvalue weighted by Gasteiger charge is 2.47. The number of likely N-dealkylation sites (tertiary alicyclic amines) is 1. The molecule has 0 aromatic heterocycles. The van der Waals surface area contributed by atoms with Gasteiger partial charge in [0.15, 0.2) is 11.5 Å².